The van der Waals surface area contributed by atoms with E-state index in [-0.39, 0.29) is 23.8 Å². The number of nitrogens with one attached hydrogen (secondary N) is 1. The molecule has 4 rings (SSSR count). The van der Waals surface area contributed by atoms with Crippen molar-refractivity contribution in [1.29, 1.82) is 0 Å². The maximum atomic E-state index is 14.5. The molecule has 0 spiro atoms. The van der Waals surface area contributed by atoms with Crippen molar-refractivity contribution in [3.05, 3.63) is 130 Å². The van der Waals surface area contributed by atoms with Gasteiger partial charge in [0.2, 0.25) is 11.8 Å². The van der Waals surface area contributed by atoms with Crippen LogP contribution in [0.4, 0.5) is 5.69 Å². The summed E-state index contributed by atoms with van der Waals surface area (Å²) in [6, 6.07) is 29.9. The van der Waals surface area contributed by atoms with E-state index in [0.29, 0.717) is 16.7 Å². The number of hydrogen-bond donors (Lipinski definition) is 1. The third kappa shape index (κ3) is 9.28. The molecule has 1 unspecified atom stereocenters. The predicted octanol–water partition coefficient (Wildman–Crippen LogP) is 6.82. The fourth-order valence-corrected chi connectivity index (χ4v) is 6.74. The number of unbranched alkanes of at least 4 members (excludes halogenated alkanes) is 1. The Kier molecular flexibility index (Phi) is 12.0. The number of halogens is 1. The molecule has 1 N–H and O–H groups in total. The minimum atomic E-state index is -4.15. The number of benzene rings is 4. The second kappa shape index (κ2) is 15.9. The van der Waals surface area contributed by atoms with Gasteiger partial charge in [0.25, 0.3) is 10.0 Å². The smallest absolute Gasteiger partial charge is 0.264 e. The zero-order valence-electron chi connectivity index (χ0n) is 25.9. The number of amides is 2. The summed E-state index contributed by atoms with van der Waals surface area (Å²) in [7, 11) is -4.15. The molecule has 0 bridgehead atoms. The maximum absolute atomic E-state index is 14.5. The largest absolute Gasteiger partial charge is 0.354 e. The molecule has 0 saturated heterocycles. The SMILES string of the molecule is CCCCNC(=O)C(Cc1ccccc1)N(Cc1ccc(C)cc1)C(=O)CN(c1cccc(Br)c1)S(=O)(=O)c1ccc(C)cc1. The van der Waals surface area contributed by atoms with Crippen LogP contribution in [0.5, 0.6) is 0 Å². The molecule has 2 amide bonds. The Hall–Kier alpha value is -3.95. The van der Waals surface area contributed by atoms with Gasteiger partial charge in [-0.3, -0.25) is 13.9 Å². The van der Waals surface area contributed by atoms with Gasteiger partial charge in [0, 0.05) is 24.0 Å². The van der Waals surface area contributed by atoms with Gasteiger partial charge < -0.3 is 10.2 Å². The van der Waals surface area contributed by atoms with Crippen LogP contribution in [0.3, 0.4) is 0 Å². The van der Waals surface area contributed by atoms with Gasteiger partial charge in [-0.1, -0.05) is 113 Å². The second-order valence-electron chi connectivity index (χ2n) is 11.2. The summed E-state index contributed by atoms with van der Waals surface area (Å²) in [5.74, 6) is -0.763. The van der Waals surface area contributed by atoms with Crippen molar-refractivity contribution in [1.82, 2.24) is 10.2 Å². The second-order valence-corrected chi connectivity index (χ2v) is 13.9. The lowest BCUT2D eigenvalue weighted by Crippen LogP contribution is -2.53. The first-order chi connectivity index (χ1) is 21.6. The number of anilines is 1. The molecule has 4 aromatic carbocycles. The fraction of sp³-hybridized carbons (Fsp3) is 0.278. The van der Waals surface area contributed by atoms with Crippen molar-refractivity contribution in [3.8, 4) is 0 Å². The van der Waals surface area contributed by atoms with Gasteiger partial charge in [0.15, 0.2) is 0 Å². The third-order valence-electron chi connectivity index (χ3n) is 7.56. The van der Waals surface area contributed by atoms with Crippen LogP contribution >= 0.6 is 15.9 Å². The number of sulfonamides is 1. The highest BCUT2D eigenvalue weighted by Crippen LogP contribution is 2.27. The zero-order valence-corrected chi connectivity index (χ0v) is 28.4. The van der Waals surface area contributed by atoms with Crippen LogP contribution in [0.2, 0.25) is 0 Å². The van der Waals surface area contributed by atoms with Crippen molar-refractivity contribution in [2.75, 3.05) is 17.4 Å². The van der Waals surface area contributed by atoms with E-state index in [0.717, 1.165) is 39.4 Å². The molecule has 4 aromatic rings. The molecule has 0 saturated carbocycles. The number of nitrogens with zero attached hydrogens (tertiary/aromatic N) is 2. The molecule has 9 heteroatoms. The summed E-state index contributed by atoms with van der Waals surface area (Å²) >= 11 is 3.45. The van der Waals surface area contributed by atoms with Crippen LogP contribution in [-0.4, -0.2) is 44.3 Å². The van der Waals surface area contributed by atoms with Crippen LogP contribution < -0.4 is 9.62 Å². The lowest BCUT2D eigenvalue weighted by molar-refractivity contribution is -0.140. The van der Waals surface area contributed by atoms with Gasteiger partial charge in [-0.15, -0.1) is 0 Å². The molecular weight excluding hydrogens is 650 g/mol. The molecular formula is C36H40BrN3O4S. The number of hydrogen-bond acceptors (Lipinski definition) is 4. The average Bonchev–Trinajstić information content (AvgIpc) is 3.03. The average molecular weight is 691 g/mol. The van der Waals surface area contributed by atoms with E-state index in [1.165, 1.54) is 4.90 Å². The molecule has 7 nitrogen and oxygen atoms in total. The van der Waals surface area contributed by atoms with Gasteiger partial charge >= 0.3 is 0 Å². The lowest BCUT2D eigenvalue weighted by atomic mass is 10.0. The van der Waals surface area contributed by atoms with E-state index >= 15 is 0 Å². The molecule has 0 heterocycles. The van der Waals surface area contributed by atoms with Crippen LogP contribution in [0.15, 0.2) is 112 Å². The van der Waals surface area contributed by atoms with Crippen LogP contribution in [0.25, 0.3) is 0 Å². The quantitative estimate of drug-likeness (QED) is 0.147. The Morgan fingerprint density at radius 2 is 1.47 bits per heavy atom. The normalized spacial score (nSPS) is 11.9. The number of carbonyl (C=O) groups is 2. The highest BCUT2D eigenvalue weighted by Gasteiger charge is 2.34. The molecule has 0 aliphatic rings. The first-order valence-corrected chi connectivity index (χ1v) is 17.3. The molecule has 0 radical (unpaired) electrons. The number of carbonyl (C=O) groups excluding carboxylic acids is 2. The fourth-order valence-electron chi connectivity index (χ4n) is 4.95. The monoisotopic (exact) mass is 689 g/mol. The van der Waals surface area contributed by atoms with Crippen molar-refractivity contribution < 1.29 is 18.0 Å². The van der Waals surface area contributed by atoms with Crippen molar-refractivity contribution >= 4 is 43.5 Å². The molecule has 0 aromatic heterocycles. The van der Waals surface area contributed by atoms with Crippen LogP contribution in [0.1, 0.15) is 42.0 Å². The lowest BCUT2D eigenvalue weighted by Gasteiger charge is -2.34. The summed E-state index contributed by atoms with van der Waals surface area (Å²) < 4.78 is 30.1. The minimum Gasteiger partial charge on any atom is -0.354 e. The topological polar surface area (TPSA) is 86.8 Å². The molecule has 0 fully saturated rings. The van der Waals surface area contributed by atoms with E-state index in [1.807, 2.05) is 75.4 Å². The van der Waals surface area contributed by atoms with Gasteiger partial charge in [-0.2, -0.15) is 0 Å². The third-order valence-corrected chi connectivity index (χ3v) is 9.84. The first kappa shape index (κ1) is 33.9. The Morgan fingerprint density at radius 1 is 0.822 bits per heavy atom. The van der Waals surface area contributed by atoms with Crippen LogP contribution in [0, 0.1) is 13.8 Å². The predicted molar refractivity (Wildman–Crippen MR) is 183 cm³/mol. The standard InChI is InChI=1S/C36H40BrN3O4S/c1-4-5-22-38-36(42)34(23-29-10-7-6-8-11-29)39(25-30-18-14-27(2)15-19-30)35(41)26-40(32-13-9-12-31(37)24-32)45(43,44)33-20-16-28(3)17-21-33/h6-21,24,34H,4-5,22-23,25-26H2,1-3H3,(H,38,42). The summed E-state index contributed by atoms with van der Waals surface area (Å²) in [5.41, 5.74) is 4.05. The van der Waals surface area contributed by atoms with Gasteiger partial charge in [-0.05, 0) is 61.7 Å². The summed E-state index contributed by atoms with van der Waals surface area (Å²) in [6.07, 6.45) is 1.99. The summed E-state index contributed by atoms with van der Waals surface area (Å²) in [6.45, 7) is 6.04. The van der Waals surface area contributed by atoms with E-state index in [9.17, 15) is 18.0 Å². The Morgan fingerprint density at radius 3 is 2.09 bits per heavy atom. The Bertz CT molecular complexity index is 1680. The van der Waals surface area contributed by atoms with Gasteiger partial charge in [-0.25, -0.2) is 8.42 Å². The van der Waals surface area contributed by atoms with Gasteiger partial charge in [0.05, 0.1) is 10.6 Å². The molecule has 236 valence electrons. The van der Waals surface area contributed by atoms with E-state index < -0.39 is 28.5 Å². The van der Waals surface area contributed by atoms with Crippen molar-refractivity contribution in [3.63, 3.8) is 0 Å². The first-order valence-electron chi connectivity index (χ1n) is 15.1. The highest BCUT2D eigenvalue weighted by molar-refractivity contribution is 9.10. The molecule has 0 aliphatic heterocycles. The van der Waals surface area contributed by atoms with Crippen molar-refractivity contribution in [2.45, 2.75) is 57.5 Å². The van der Waals surface area contributed by atoms with Gasteiger partial charge in [0.1, 0.15) is 12.6 Å². The summed E-state index contributed by atoms with van der Waals surface area (Å²) in [4.78, 5) is 29.9. The summed E-state index contributed by atoms with van der Waals surface area (Å²) in [5, 5.41) is 3.02. The minimum absolute atomic E-state index is 0.0732. The van der Waals surface area contributed by atoms with Crippen molar-refractivity contribution in [2.24, 2.45) is 0 Å². The highest BCUT2D eigenvalue weighted by atomic mass is 79.9. The van der Waals surface area contributed by atoms with E-state index in [2.05, 4.69) is 21.2 Å². The van der Waals surface area contributed by atoms with E-state index in [4.69, 9.17) is 0 Å². The number of aryl methyl sites for hydroxylation is 2. The van der Waals surface area contributed by atoms with E-state index in [1.54, 1.807) is 48.5 Å². The maximum Gasteiger partial charge on any atom is 0.264 e. The molecule has 0 aliphatic carbocycles. The number of rotatable bonds is 14. The zero-order chi connectivity index (χ0) is 32.4. The van der Waals surface area contributed by atoms with Crippen LogP contribution in [-0.2, 0) is 32.6 Å². The molecule has 45 heavy (non-hydrogen) atoms. The molecule has 1 atom stereocenters. The Balaban J connectivity index is 1.78. The Labute approximate surface area is 275 Å².